The monoisotopic (exact) mass is 464 g/mol. The molecule has 1 aliphatic rings. The zero-order valence-corrected chi connectivity index (χ0v) is 18.8. The van der Waals surface area contributed by atoms with Gasteiger partial charge in [0.05, 0.1) is 16.1 Å². The third-order valence-electron chi connectivity index (χ3n) is 5.36. The van der Waals surface area contributed by atoms with Crippen LogP contribution in [0.15, 0.2) is 53.4 Å². The summed E-state index contributed by atoms with van der Waals surface area (Å²) in [6.45, 7) is -0.399. The van der Waals surface area contributed by atoms with Gasteiger partial charge >= 0.3 is 5.97 Å². The van der Waals surface area contributed by atoms with Gasteiger partial charge in [0.25, 0.3) is 15.9 Å². The summed E-state index contributed by atoms with van der Waals surface area (Å²) in [5.41, 5.74) is 0.0868. The van der Waals surface area contributed by atoms with Crippen LogP contribution in [0.1, 0.15) is 42.5 Å². The number of hydrogen-bond acceptors (Lipinski definition) is 5. The molecule has 0 spiro atoms. The Kier molecular flexibility index (Phi) is 7.56. The number of para-hydroxylation sites is 1. The Morgan fingerprint density at radius 2 is 1.71 bits per heavy atom. The second-order valence-corrected chi connectivity index (χ2v) is 9.60. The van der Waals surface area contributed by atoms with Crippen LogP contribution in [-0.4, -0.2) is 44.9 Å². The average molecular weight is 465 g/mol. The molecule has 0 saturated heterocycles. The highest BCUT2D eigenvalue weighted by molar-refractivity contribution is 7.92. The highest BCUT2D eigenvalue weighted by Crippen LogP contribution is 2.23. The molecule has 1 aliphatic carbocycles. The fourth-order valence-electron chi connectivity index (χ4n) is 3.55. The van der Waals surface area contributed by atoms with E-state index in [9.17, 15) is 18.0 Å². The van der Waals surface area contributed by atoms with Crippen molar-refractivity contribution in [2.24, 2.45) is 0 Å². The molecule has 9 heteroatoms. The van der Waals surface area contributed by atoms with E-state index in [1.54, 1.807) is 24.1 Å². The summed E-state index contributed by atoms with van der Waals surface area (Å²) in [5.74, 6) is -1.06. The molecule has 7 nitrogen and oxygen atoms in total. The standard InChI is InChI=1S/C22H25ClN2O5S/c1-25(17-7-3-2-4-8-17)21(26)15-30-22(27)19-9-5-6-10-20(19)24-31(28,29)18-13-11-16(23)12-14-18/h5-6,9-14,17,24H,2-4,7-8,15H2,1H3. The fraction of sp³-hybridized carbons (Fsp3) is 0.364. The Hall–Kier alpha value is -2.58. The summed E-state index contributed by atoms with van der Waals surface area (Å²) < 4.78 is 32.9. The molecule has 0 radical (unpaired) electrons. The Bertz CT molecular complexity index is 1030. The van der Waals surface area contributed by atoms with Crippen molar-refractivity contribution in [2.75, 3.05) is 18.4 Å². The lowest BCUT2D eigenvalue weighted by Crippen LogP contribution is -2.40. The molecule has 0 aliphatic heterocycles. The van der Waals surface area contributed by atoms with Crippen molar-refractivity contribution in [3.63, 3.8) is 0 Å². The van der Waals surface area contributed by atoms with Gasteiger partial charge in [0.15, 0.2) is 6.61 Å². The van der Waals surface area contributed by atoms with Crippen molar-refractivity contribution < 1.29 is 22.7 Å². The van der Waals surface area contributed by atoms with Crippen LogP contribution in [0, 0.1) is 0 Å². The number of halogens is 1. The first-order chi connectivity index (χ1) is 14.8. The number of benzene rings is 2. The Labute approximate surface area is 187 Å². The van der Waals surface area contributed by atoms with E-state index in [0.29, 0.717) is 5.02 Å². The van der Waals surface area contributed by atoms with Gasteiger partial charge in [0.1, 0.15) is 0 Å². The van der Waals surface area contributed by atoms with Crippen molar-refractivity contribution in [1.29, 1.82) is 0 Å². The number of nitrogens with one attached hydrogen (secondary N) is 1. The number of amides is 1. The maximum atomic E-state index is 12.7. The van der Waals surface area contributed by atoms with E-state index in [0.717, 1.165) is 25.7 Å². The molecule has 1 fully saturated rings. The van der Waals surface area contributed by atoms with Crippen LogP contribution in [0.4, 0.5) is 5.69 Å². The highest BCUT2D eigenvalue weighted by atomic mass is 35.5. The van der Waals surface area contributed by atoms with Crippen LogP contribution < -0.4 is 4.72 Å². The first kappa shape index (κ1) is 23.1. The number of hydrogen-bond donors (Lipinski definition) is 1. The molecular formula is C22H25ClN2O5S. The van der Waals surface area contributed by atoms with E-state index in [1.807, 2.05) is 0 Å². The Morgan fingerprint density at radius 1 is 1.06 bits per heavy atom. The number of sulfonamides is 1. The summed E-state index contributed by atoms with van der Waals surface area (Å²) in [4.78, 5) is 26.7. The summed E-state index contributed by atoms with van der Waals surface area (Å²) in [6, 6.07) is 11.9. The van der Waals surface area contributed by atoms with Crippen molar-refractivity contribution in [1.82, 2.24) is 4.90 Å². The molecule has 0 unspecified atom stereocenters. The predicted octanol–water partition coefficient (Wildman–Crippen LogP) is 4.09. The summed E-state index contributed by atoms with van der Waals surface area (Å²) in [7, 11) is -2.21. The van der Waals surface area contributed by atoms with Gasteiger partial charge in [0.2, 0.25) is 0 Å². The number of anilines is 1. The minimum absolute atomic E-state index is 0.00403. The Balaban J connectivity index is 1.67. The fourth-order valence-corrected chi connectivity index (χ4v) is 4.75. The van der Waals surface area contributed by atoms with Gasteiger partial charge in [-0.2, -0.15) is 0 Å². The molecule has 166 valence electrons. The molecule has 0 heterocycles. The predicted molar refractivity (Wildman–Crippen MR) is 119 cm³/mol. The molecule has 3 rings (SSSR count). The molecule has 0 atom stereocenters. The number of ether oxygens (including phenoxy) is 1. The third-order valence-corrected chi connectivity index (χ3v) is 6.99. The van der Waals surface area contributed by atoms with Crippen molar-refractivity contribution >= 4 is 39.2 Å². The SMILES string of the molecule is CN(C(=O)COC(=O)c1ccccc1NS(=O)(=O)c1ccc(Cl)cc1)C1CCCCC1. The van der Waals surface area contributed by atoms with Gasteiger partial charge < -0.3 is 9.64 Å². The van der Waals surface area contributed by atoms with Crippen LogP contribution in [-0.2, 0) is 19.6 Å². The zero-order chi connectivity index (χ0) is 22.4. The quantitative estimate of drug-likeness (QED) is 0.623. The minimum Gasteiger partial charge on any atom is -0.452 e. The molecule has 2 aromatic rings. The normalized spacial score (nSPS) is 14.6. The van der Waals surface area contributed by atoms with Gasteiger partial charge in [-0.25, -0.2) is 13.2 Å². The largest absolute Gasteiger partial charge is 0.452 e. The van der Waals surface area contributed by atoms with Crippen molar-refractivity contribution in [2.45, 2.75) is 43.0 Å². The molecule has 1 saturated carbocycles. The van der Waals surface area contributed by atoms with Crippen LogP contribution in [0.3, 0.4) is 0 Å². The summed E-state index contributed by atoms with van der Waals surface area (Å²) in [5, 5.41) is 0.408. The average Bonchev–Trinajstić information content (AvgIpc) is 2.77. The van der Waals surface area contributed by atoms with Crippen LogP contribution in [0.2, 0.25) is 5.02 Å². The summed E-state index contributed by atoms with van der Waals surface area (Å²) in [6.07, 6.45) is 5.25. The topological polar surface area (TPSA) is 92.8 Å². The number of rotatable bonds is 7. The maximum Gasteiger partial charge on any atom is 0.340 e. The van der Waals surface area contributed by atoms with E-state index >= 15 is 0 Å². The number of carbonyl (C=O) groups is 2. The van der Waals surface area contributed by atoms with Gasteiger partial charge in [-0.15, -0.1) is 0 Å². The number of esters is 1. The van der Waals surface area contributed by atoms with E-state index in [2.05, 4.69) is 4.72 Å². The lowest BCUT2D eigenvalue weighted by molar-refractivity contribution is -0.135. The van der Waals surface area contributed by atoms with E-state index in [-0.39, 0.29) is 28.1 Å². The molecule has 0 bridgehead atoms. The molecular weight excluding hydrogens is 440 g/mol. The van der Waals surface area contributed by atoms with Crippen LogP contribution in [0.25, 0.3) is 0 Å². The lowest BCUT2D eigenvalue weighted by Gasteiger charge is -2.31. The number of nitrogens with zero attached hydrogens (tertiary/aromatic N) is 1. The third kappa shape index (κ3) is 5.98. The lowest BCUT2D eigenvalue weighted by atomic mass is 9.94. The second-order valence-electron chi connectivity index (χ2n) is 7.48. The van der Waals surface area contributed by atoms with E-state index in [4.69, 9.17) is 16.3 Å². The summed E-state index contributed by atoms with van der Waals surface area (Å²) >= 11 is 5.81. The van der Waals surface area contributed by atoms with E-state index < -0.39 is 22.6 Å². The van der Waals surface area contributed by atoms with Gasteiger partial charge in [-0.05, 0) is 49.2 Å². The van der Waals surface area contributed by atoms with Gasteiger partial charge in [-0.1, -0.05) is 43.0 Å². The first-order valence-corrected chi connectivity index (χ1v) is 11.9. The van der Waals surface area contributed by atoms with Gasteiger partial charge in [-0.3, -0.25) is 9.52 Å². The second kappa shape index (κ2) is 10.2. The highest BCUT2D eigenvalue weighted by Gasteiger charge is 2.24. The first-order valence-electron chi connectivity index (χ1n) is 10.1. The zero-order valence-electron chi connectivity index (χ0n) is 17.2. The smallest absolute Gasteiger partial charge is 0.340 e. The van der Waals surface area contributed by atoms with E-state index in [1.165, 1.54) is 42.8 Å². The maximum absolute atomic E-state index is 12.7. The van der Waals surface area contributed by atoms with Crippen molar-refractivity contribution in [3.8, 4) is 0 Å². The molecule has 0 aromatic heterocycles. The molecule has 31 heavy (non-hydrogen) atoms. The minimum atomic E-state index is -3.94. The van der Waals surface area contributed by atoms with Crippen LogP contribution >= 0.6 is 11.6 Å². The number of carbonyl (C=O) groups excluding carboxylic acids is 2. The number of likely N-dealkylation sites (N-methyl/N-ethyl adjacent to an activating group) is 1. The Morgan fingerprint density at radius 3 is 2.39 bits per heavy atom. The molecule has 1 N–H and O–H groups in total. The van der Waals surface area contributed by atoms with Crippen molar-refractivity contribution in [3.05, 3.63) is 59.1 Å². The molecule has 2 aromatic carbocycles. The molecule has 1 amide bonds. The van der Waals surface area contributed by atoms with Crippen LogP contribution in [0.5, 0.6) is 0 Å². The van der Waals surface area contributed by atoms with Gasteiger partial charge in [0, 0.05) is 18.1 Å².